The molecule has 0 radical (unpaired) electrons. The van der Waals surface area contributed by atoms with E-state index in [2.05, 4.69) is 9.69 Å². The predicted molar refractivity (Wildman–Crippen MR) is 46.5 cm³/mol. The van der Waals surface area contributed by atoms with Gasteiger partial charge in [-0.3, -0.25) is 5.32 Å². The zero-order valence-electron chi connectivity index (χ0n) is 4.67. The SMILES string of the molecule is O=C(O)Nc1sncc1I. The minimum Gasteiger partial charge on any atom is -0.465 e. The summed E-state index contributed by atoms with van der Waals surface area (Å²) < 4.78 is 4.61. The number of nitrogens with zero attached hydrogens (tertiary/aromatic N) is 1. The highest BCUT2D eigenvalue weighted by atomic mass is 127. The van der Waals surface area contributed by atoms with Gasteiger partial charge >= 0.3 is 6.09 Å². The lowest BCUT2D eigenvalue weighted by Gasteiger charge is -1.92. The number of carboxylic acid groups (broad SMARTS) is 1. The molecule has 1 amide bonds. The first kappa shape index (κ1) is 7.73. The van der Waals surface area contributed by atoms with Crippen molar-refractivity contribution >= 4 is 45.2 Å². The minimum atomic E-state index is -1.05. The van der Waals surface area contributed by atoms with Crippen molar-refractivity contribution in [2.75, 3.05) is 5.32 Å². The summed E-state index contributed by atoms with van der Waals surface area (Å²) in [5.41, 5.74) is 0. The maximum absolute atomic E-state index is 10.1. The van der Waals surface area contributed by atoms with E-state index in [4.69, 9.17) is 5.11 Å². The fourth-order valence-corrected chi connectivity index (χ4v) is 1.70. The molecule has 0 aliphatic rings. The Balaban J connectivity index is 2.74. The number of amides is 1. The second-order valence-electron chi connectivity index (χ2n) is 1.43. The maximum Gasteiger partial charge on any atom is 0.409 e. The van der Waals surface area contributed by atoms with Crippen LogP contribution in [0.4, 0.5) is 9.80 Å². The Morgan fingerprint density at radius 1 is 1.90 bits per heavy atom. The van der Waals surface area contributed by atoms with Gasteiger partial charge in [0, 0.05) is 0 Å². The average Bonchev–Trinajstić information content (AvgIpc) is 2.15. The van der Waals surface area contributed by atoms with Crippen molar-refractivity contribution in [3.8, 4) is 0 Å². The fraction of sp³-hybridized carbons (Fsp3) is 0. The molecule has 1 aromatic heterocycles. The molecule has 0 aliphatic heterocycles. The standard InChI is InChI=1S/C4H3IN2O2S/c5-2-1-6-10-3(2)7-4(8)9/h1,7H,(H,8,9). The Kier molecular flexibility index (Phi) is 2.44. The third-order valence-electron chi connectivity index (χ3n) is 0.747. The summed E-state index contributed by atoms with van der Waals surface area (Å²) in [6.45, 7) is 0. The van der Waals surface area contributed by atoms with Crippen molar-refractivity contribution in [1.82, 2.24) is 4.37 Å². The summed E-state index contributed by atoms with van der Waals surface area (Å²) in [5, 5.41) is 11.1. The van der Waals surface area contributed by atoms with Crippen LogP contribution < -0.4 is 5.32 Å². The lowest BCUT2D eigenvalue weighted by Crippen LogP contribution is -2.06. The number of halogens is 1. The maximum atomic E-state index is 10.1. The second-order valence-corrected chi connectivity index (χ2v) is 3.40. The van der Waals surface area contributed by atoms with Gasteiger partial charge in [-0.15, -0.1) is 0 Å². The van der Waals surface area contributed by atoms with Gasteiger partial charge in [-0.25, -0.2) is 4.79 Å². The summed E-state index contributed by atoms with van der Waals surface area (Å²) >= 11 is 3.14. The summed E-state index contributed by atoms with van der Waals surface area (Å²) in [5.74, 6) is 0. The lowest BCUT2D eigenvalue weighted by atomic mass is 10.7. The highest BCUT2D eigenvalue weighted by Crippen LogP contribution is 2.21. The van der Waals surface area contributed by atoms with Crippen LogP contribution in [0.1, 0.15) is 0 Å². The molecule has 0 bridgehead atoms. The molecule has 0 atom stereocenters. The Morgan fingerprint density at radius 3 is 3.00 bits per heavy atom. The second kappa shape index (κ2) is 3.15. The average molecular weight is 270 g/mol. The number of anilines is 1. The molecule has 0 fully saturated rings. The van der Waals surface area contributed by atoms with Gasteiger partial charge in [0.2, 0.25) is 0 Å². The van der Waals surface area contributed by atoms with Gasteiger partial charge < -0.3 is 5.11 Å². The van der Waals surface area contributed by atoms with Gasteiger partial charge in [0.1, 0.15) is 5.00 Å². The predicted octanol–water partition coefficient (Wildman–Crippen LogP) is 1.84. The normalized spacial score (nSPS) is 9.30. The van der Waals surface area contributed by atoms with Gasteiger partial charge in [-0.05, 0) is 34.1 Å². The quantitative estimate of drug-likeness (QED) is 0.765. The molecule has 1 rings (SSSR count). The van der Waals surface area contributed by atoms with Crippen molar-refractivity contribution < 1.29 is 9.90 Å². The van der Waals surface area contributed by atoms with E-state index < -0.39 is 6.09 Å². The molecule has 0 spiro atoms. The molecule has 1 heterocycles. The van der Waals surface area contributed by atoms with Crippen LogP contribution >= 0.6 is 34.1 Å². The number of rotatable bonds is 1. The first-order valence-electron chi connectivity index (χ1n) is 2.30. The third-order valence-corrected chi connectivity index (χ3v) is 2.65. The largest absolute Gasteiger partial charge is 0.465 e. The van der Waals surface area contributed by atoms with Crippen LogP contribution in [0.15, 0.2) is 6.20 Å². The first-order chi connectivity index (χ1) is 4.70. The molecule has 54 valence electrons. The van der Waals surface area contributed by atoms with Crippen molar-refractivity contribution in [3.05, 3.63) is 9.77 Å². The van der Waals surface area contributed by atoms with E-state index in [1.165, 1.54) is 0 Å². The van der Waals surface area contributed by atoms with Gasteiger partial charge in [-0.2, -0.15) is 4.37 Å². The van der Waals surface area contributed by atoms with Crippen molar-refractivity contribution in [1.29, 1.82) is 0 Å². The number of hydrogen-bond acceptors (Lipinski definition) is 3. The van der Waals surface area contributed by atoms with E-state index in [0.29, 0.717) is 5.00 Å². The van der Waals surface area contributed by atoms with Crippen molar-refractivity contribution in [2.24, 2.45) is 0 Å². The van der Waals surface area contributed by atoms with Crippen LogP contribution in [0.3, 0.4) is 0 Å². The molecule has 0 aliphatic carbocycles. The topological polar surface area (TPSA) is 62.2 Å². The molecular formula is C4H3IN2O2S. The molecule has 0 unspecified atom stereocenters. The van der Waals surface area contributed by atoms with E-state index in [0.717, 1.165) is 15.1 Å². The number of aromatic nitrogens is 1. The first-order valence-corrected chi connectivity index (χ1v) is 4.15. The van der Waals surface area contributed by atoms with Crippen molar-refractivity contribution in [2.45, 2.75) is 0 Å². The van der Waals surface area contributed by atoms with E-state index >= 15 is 0 Å². The molecule has 0 aromatic carbocycles. The number of nitrogens with one attached hydrogen (secondary N) is 1. The molecule has 2 N–H and O–H groups in total. The summed E-state index contributed by atoms with van der Waals surface area (Å²) in [6, 6.07) is 0. The third kappa shape index (κ3) is 1.81. The monoisotopic (exact) mass is 270 g/mol. The van der Waals surface area contributed by atoms with E-state index in [-0.39, 0.29) is 0 Å². The van der Waals surface area contributed by atoms with Crippen LogP contribution in [-0.2, 0) is 0 Å². The number of carbonyl (C=O) groups is 1. The van der Waals surface area contributed by atoms with Crippen LogP contribution in [0.5, 0.6) is 0 Å². The molecule has 0 saturated carbocycles. The zero-order chi connectivity index (χ0) is 7.56. The van der Waals surface area contributed by atoms with Crippen LogP contribution in [0.2, 0.25) is 0 Å². The summed E-state index contributed by atoms with van der Waals surface area (Å²) in [6.07, 6.45) is 0.554. The van der Waals surface area contributed by atoms with E-state index in [9.17, 15) is 4.79 Å². The zero-order valence-corrected chi connectivity index (χ0v) is 7.64. The highest BCUT2D eigenvalue weighted by Gasteiger charge is 2.03. The van der Waals surface area contributed by atoms with Gasteiger partial charge in [-0.1, -0.05) is 0 Å². The summed E-state index contributed by atoms with van der Waals surface area (Å²) in [7, 11) is 0. The molecule has 6 heteroatoms. The van der Waals surface area contributed by atoms with Gasteiger partial charge in [0.05, 0.1) is 9.77 Å². The molecule has 4 nitrogen and oxygen atoms in total. The molecule has 0 saturated heterocycles. The van der Waals surface area contributed by atoms with Crippen molar-refractivity contribution in [3.63, 3.8) is 0 Å². The van der Waals surface area contributed by atoms with E-state index in [1.807, 2.05) is 22.6 Å². The van der Waals surface area contributed by atoms with E-state index in [1.54, 1.807) is 6.20 Å². The Morgan fingerprint density at radius 2 is 2.60 bits per heavy atom. The Hall–Kier alpha value is -0.370. The smallest absolute Gasteiger partial charge is 0.409 e. The van der Waals surface area contributed by atoms with Crippen LogP contribution in [0, 0.1) is 3.57 Å². The number of hydrogen-bond donors (Lipinski definition) is 2. The summed E-state index contributed by atoms with van der Waals surface area (Å²) in [4.78, 5) is 10.1. The van der Waals surface area contributed by atoms with Crippen LogP contribution in [0.25, 0.3) is 0 Å². The lowest BCUT2D eigenvalue weighted by molar-refractivity contribution is 0.210. The highest BCUT2D eigenvalue weighted by molar-refractivity contribution is 14.1. The van der Waals surface area contributed by atoms with Gasteiger partial charge in [0.25, 0.3) is 0 Å². The minimum absolute atomic E-state index is 0.577. The van der Waals surface area contributed by atoms with Gasteiger partial charge in [0.15, 0.2) is 0 Å². The fourth-order valence-electron chi connectivity index (χ4n) is 0.407. The van der Waals surface area contributed by atoms with Crippen LogP contribution in [-0.4, -0.2) is 15.6 Å². The molecular weight excluding hydrogens is 267 g/mol. The molecule has 10 heavy (non-hydrogen) atoms. The Bertz CT molecular complexity index is 249. The molecule has 1 aromatic rings. The Labute approximate surface area is 74.6 Å².